The van der Waals surface area contributed by atoms with Crippen molar-refractivity contribution in [1.82, 2.24) is 15.1 Å². The summed E-state index contributed by atoms with van der Waals surface area (Å²) in [5, 5.41) is 12.6. The normalized spacial score (nSPS) is 17.6. The summed E-state index contributed by atoms with van der Waals surface area (Å²) in [7, 11) is 0. The maximum atomic E-state index is 13.8. The molecule has 252 valence electrons. The number of carbonyl (C=O) groups excluding carboxylic acids is 3. The summed E-state index contributed by atoms with van der Waals surface area (Å²) in [4.78, 5) is 54.0. The largest absolute Gasteiger partial charge is 0.481 e. The van der Waals surface area contributed by atoms with Crippen molar-refractivity contribution in [1.29, 1.82) is 0 Å². The van der Waals surface area contributed by atoms with Crippen molar-refractivity contribution in [3.05, 3.63) is 35.9 Å². The third-order valence-electron chi connectivity index (χ3n) is 8.65. The average Bonchev–Trinajstić information content (AvgIpc) is 2.96. The average molecular weight is 630 g/mol. The van der Waals surface area contributed by atoms with E-state index in [-0.39, 0.29) is 30.4 Å². The van der Waals surface area contributed by atoms with E-state index in [0.29, 0.717) is 50.9 Å². The highest BCUT2D eigenvalue weighted by Crippen LogP contribution is 2.31. The Balaban J connectivity index is 1.60. The van der Waals surface area contributed by atoms with Gasteiger partial charge in [-0.2, -0.15) is 0 Å². The summed E-state index contributed by atoms with van der Waals surface area (Å²) in [5.41, 5.74) is -0.283. The lowest BCUT2D eigenvalue weighted by Gasteiger charge is -2.34. The molecule has 2 N–H and O–H groups in total. The van der Waals surface area contributed by atoms with E-state index in [0.717, 1.165) is 44.1 Å². The number of nitrogens with one attached hydrogen (secondary N) is 1. The molecular weight excluding hydrogens is 574 g/mol. The molecule has 0 radical (unpaired) electrons. The number of carboxylic acids is 1. The Morgan fingerprint density at radius 1 is 0.778 bits per heavy atom. The highest BCUT2D eigenvalue weighted by Gasteiger charge is 2.31. The maximum Gasteiger partial charge on any atom is 0.410 e. The predicted octanol–water partition coefficient (Wildman–Crippen LogP) is 6.79. The van der Waals surface area contributed by atoms with Crippen LogP contribution < -0.4 is 5.32 Å². The zero-order chi connectivity index (χ0) is 33.2. The van der Waals surface area contributed by atoms with Gasteiger partial charge < -0.3 is 29.7 Å². The minimum atomic E-state index is -0.964. The number of hydrogen-bond donors (Lipinski definition) is 2. The van der Waals surface area contributed by atoms with E-state index in [1.165, 1.54) is 0 Å². The second kappa shape index (κ2) is 16.3. The summed E-state index contributed by atoms with van der Waals surface area (Å²) in [6.45, 7) is 13.8. The molecule has 0 aliphatic carbocycles. The van der Waals surface area contributed by atoms with Gasteiger partial charge in [0.1, 0.15) is 11.2 Å². The molecule has 1 aromatic carbocycles. The van der Waals surface area contributed by atoms with Gasteiger partial charge in [0.15, 0.2) is 0 Å². The van der Waals surface area contributed by atoms with Gasteiger partial charge in [0.25, 0.3) is 0 Å². The van der Waals surface area contributed by atoms with Gasteiger partial charge in [-0.05, 0) is 110 Å². The summed E-state index contributed by atoms with van der Waals surface area (Å²) >= 11 is 0. The number of rotatable bonds is 11. The van der Waals surface area contributed by atoms with Crippen LogP contribution in [0.15, 0.2) is 30.3 Å². The zero-order valence-corrected chi connectivity index (χ0v) is 28.2. The number of amides is 3. The van der Waals surface area contributed by atoms with Crippen molar-refractivity contribution in [2.75, 3.05) is 26.2 Å². The molecule has 10 heteroatoms. The first-order chi connectivity index (χ1) is 21.1. The Labute approximate surface area is 269 Å². The zero-order valence-electron chi connectivity index (χ0n) is 28.2. The number of likely N-dealkylation sites (tertiary alicyclic amines) is 2. The van der Waals surface area contributed by atoms with Crippen LogP contribution in [0.3, 0.4) is 0 Å². The molecule has 0 aromatic heterocycles. The topological polar surface area (TPSA) is 125 Å². The van der Waals surface area contributed by atoms with Gasteiger partial charge in [-0.3, -0.25) is 9.59 Å². The molecule has 2 heterocycles. The monoisotopic (exact) mass is 629 g/mol. The van der Waals surface area contributed by atoms with Crippen molar-refractivity contribution >= 4 is 24.1 Å². The van der Waals surface area contributed by atoms with Crippen LogP contribution in [0.5, 0.6) is 0 Å². The van der Waals surface area contributed by atoms with Crippen LogP contribution in [0.1, 0.15) is 111 Å². The molecular formula is C35H55N3O7. The van der Waals surface area contributed by atoms with Gasteiger partial charge in [0.2, 0.25) is 5.91 Å². The van der Waals surface area contributed by atoms with Crippen molar-refractivity contribution < 1.29 is 33.8 Å². The van der Waals surface area contributed by atoms with E-state index < -0.39 is 23.2 Å². The van der Waals surface area contributed by atoms with Gasteiger partial charge in [0.05, 0.1) is 12.5 Å². The summed E-state index contributed by atoms with van der Waals surface area (Å²) in [6, 6.07) is 8.66. The smallest absolute Gasteiger partial charge is 0.410 e. The van der Waals surface area contributed by atoms with Crippen LogP contribution in [0, 0.1) is 17.8 Å². The number of hydrogen-bond acceptors (Lipinski definition) is 6. The highest BCUT2D eigenvalue weighted by molar-refractivity contribution is 5.80. The summed E-state index contributed by atoms with van der Waals surface area (Å²) in [5.74, 6) is -0.519. The Kier molecular flexibility index (Phi) is 13.1. The number of carboxylic acid groups (broad SMARTS) is 1. The molecule has 0 saturated carbocycles. The van der Waals surface area contributed by atoms with Crippen LogP contribution in [0.2, 0.25) is 0 Å². The van der Waals surface area contributed by atoms with E-state index in [1.807, 2.05) is 71.9 Å². The fourth-order valence-corrected chi connectivity index (χ4v) is 6.14. The lowest BCUT2D eigenvalue weighted by molar-refractivity contribution is -0.138. The quantitative estimate of drug-likeness (QED) is 0.276. The number of aliphatic carboxylic acids is 1. The Hall–Kier alpha value is -3.30. The van der Waals surface area contributed by atoms with Gasteiger partial charge in [0, 0.05) is 32.1 Å². The summed E-state index contributed by atoms with van der Waals surface area (Å²) < 4.78 is 11.1. The fourth-order valence-electron chi connectivity index (χ4n) is 6.14. The van der Waals surface area contributed by atoms with Crippen LogP contribution >= 0.6 is 0 Å². The molecule has 0 spiro atoms. The number of benzene rings is 1. The van der Waals surface area contributed by atoms with E-state index in [9.17, 15) is 24.3 Å². The molecule has 1 unspecified atom stereocenters. The lowest BCUT2D eigenvalue weighted by Crippen LogP contribution is -2.42. The SMILES string of the molecule is CC(C)(C)OC(=O)N1CCC(CCC(CCC2CCN(C(=O)OC(C)(C)C)CC2)C(=O)NC(CC(=O)O)c2ccccc2)CC1. The molecule has 2 aliphatic heterocycles. The number of carbonyl (C=O) groups is 4. The second-order valence-electron chi connectivity index (χ2n) is 14.7. The van der Waals surface area contributed by atoms with Gasteiger partial charge in [-0.1, -0.05) is 30.3 Å². The molecule has 45 heavy (non-hydrogen) atoms. The van der Waals surface area contributed by atoms with Gasteiger partial charge in [-0.15, -0.1) is 0 Å². The van der Waals surface area contributed by atoms with Crippen molar-refractivity contribution in [3.63, 3.8) is 0 Å². The Bertz CT molecular complexity index is 1060. The molecule has 3 rings (SSSR count). The number of ether oxygens (including phenoxy) is 2. The van der Waals surface area contributed by atoms with Crippen molar-refractivity contribution in [2.24, 2.45) is 17.8 Å². The molecule has 0 bridgehead atoms. The lowest BCUT2D eigenvalue weighted by atomic mass is 9.83. The maximum absolute atomic E-state index is 13.8. The van der Waals surface area contributed by atoms with E-state index in [2.05, 4.69) is 5.32 Å². The minimum Gasteiger partial charge on any atom is -0.481 e. The standard InChI is InChI=1S/C35H55N3O7/c1-34(2,3)44-32(42)37-20-16-25(17-21-37)12-14-28(31(41)36-29(24-30(39)40)27-10-8-7-9-11-27)15-13-26-18-22-38(23-19-26)33(43)45-35(4,5)6/h7-11,25-26,28-29H,12-24H2,1-6H3,(H,36,41)(H,39,40). The Morgan fingerprint density at radius 3 is 1.58 bits per heavy atom. The Morgan fingerprint density at radius 2 is 1.20 bits per heavy atom. The van der Waals surface area contributed by atoms with Crippen LogP contribution in [0.4, 0.5) is 9.59 Å². The molecule has 1 aromatic rings. The number of nitrogens with zero attached hydrogens (tertiary/aromatic N) is 2. The van der Waals surface area contributed by atoms with Crippen LogP contribution in [-0.4, -0.2) is 76.4 Å². The van der Waals surface area contributed by atoms with Gasteiger partial charge in [-0.25, -0.2) is 9.59 Å². The highest BCUT2D eigenvalue weighted by atomic mass is 16.6. The third-order valence-corrected chi connectivity index (χ3v) is 8.65. The van der Waals surface area contributed by atoms with Crippen LogP contribution in [0.25, 0.3) is 0 Å². The molecule has 3 amide bonds. The molecule has 2 aliphatic rings. The van der Waals surface area contributed by atoms with E-state index in [4.69, 9.17) is 9.47 Å². The molecule has 1 atom stereocenters. The fraction of sp³-hybridized carbons (Fsp3) is 0.714. The first-order valence-corrected chi connectivity index (χ1v) is 16.6. The van der Waals surface area contributed by atoms with E-state index in [1.54, 1.807) is 9.80 Å². The molecule has 2 saturated heterocycles. The predicted molar refractivity (Wildman–Crippen MR) is 173 cm³/mol. The first-order valence-electron chi connectivity index (χ1n) is 16.6. The van der Waals surface area contributed by atoms with Crippen LogP contribution in [-0.2, 0) is 19.1 Å². The first kappa shape index (κ1) is 36.2. The second-order valence-corrected chi connectivity index (χ2v) is 14.7. The van der Waals surface area contributed by atoms with Crippen molar-refractivity contribution in [3.8, 4) is 0 Å². The molecule has 10 nitrogen and oxygen atoms in total. The van der Waals surface area contributed by atoms with Gasteiger partial charge >= 0.3 is 18.2 Å². The number of piperidine rings is 2. The van der Waals surface area contributed by atoms with Crippen molar-refractivity contribution in [2.45, 2.75) is 117 Å². The van der Waals surface area contributed by atoms with E-state index >= 15 is 0 Å². The third kappa shape index (κ3) is 12.9. The minimum absolute atomic E-state index is 0.109. The summed E-state index contributed by atoms with van der Waals surface area (Å²) in [6.07, 6.45) is 5.85. The molecule has 2 fully saturated rings.